The van der Waals surface area contributed by atoms with Gasteiger partial charge in [0.25, 0.3) is 0 Å². The molecule has 1 aromatic heterocycles. The van der Waals surface area contributed by atoms with Gasteiger partial charge in [0, 0.05) is 13.0 Å². The van der Waals surface area contributed by atoms with Crippen LogP contribution in [0.4, 0.5) is 0 Å². The molecule has 3 rings (SSSR count). The second kappa shape index (κ2) is 11.4. The van der Waals surface area contributed by atoms with Crippen molar-refractivity contribution >= 4 is 5.91 Å². The molecular weight excluding hydrogens is 386 g/mol. The fraction of sp³-hybridized carbons (Fsp3) is 0.370. The number of hydrogen-bond acceptors (Lipinski definition) is 3. The van der Waals surface area contributed by atoms with Gasteiger partial charge in [0.2, 0.25) is 5.91 Å². The highest BCUT2D eigenvalue weighted by Crippen LogP contribution is 2.27. The topological polar surface area (TPSA) is 42.7 Å². The first-order valence-electron chi connectivity index (χ1n) is 11.2. The maximum absolute atomic E-state index is 12.6. The predicted molar refractivity (Wildman–Crippen MR) is 124 cm³/mol. The first-order chi connectivity index (χ1) is 15.0. The monoisotopic (exact) mass is 419 g/mol. The van der Waals surface area contributed by atoms with Crippen LogP contribution in [0.5, 0.6) is 5.75 Å². The van der Waals surface area contributed by atoms with E-state index in [1.54, 1.807) is 6.26 Å². The second-order valence-electron chi connectivity index (χ2n) is 8.16. The van der Waals surface area contributed by atoms with Gasteiger partial charge in [-0.15, -0.1) is 0 Å². The van der Waals surface area contributed by atoms with Gasteiger partial charge in [-0.25, -0.2) is 0 Å². The van der Waals surface area contributed by atoms with Crippen LogP contribution in [0, 0.1) is 0 Å². The second-order valence-corrected chi connectivity index (χ2v) is 8.16. The van der Waals surface area contributed by atoms with E-state index in [2.05, 4.69) is 36.4 Å². The van der Waals surface area contributed by atoms with E-state index in [-0.39, 0.29) is 12.0 Å². The predicted octanol–water partition coefficient (Wildman–Crippen LogP) is 6.22. The van der Waals surface area contributed by atoms with E-state index in [0.717, 1.165) is 24.4 Å². The van der Waals surface area contributed by atoms with Crippen molar-refractivity contribution in [2.45, 2.75) is 58.6 Å². The molecule has 1 unspecified atom stereocenters. The van der Waals surface area contributed by atoms with Crippen molar-refractivity contribution in [2.75, 3.05) is 6.54 Å². The molecule has 0 aliphatic heterocycles. The highest BCUT2D eigenvalue weighted by molar-refractivity contribution is 5.75. The van der Waals surface area contributed by atoms with Crippen molar-refractivity contribution in [3.63, 3.8) is 0 Å². The molecule has 4 heteroatoms. The minimum Gasteiger partial charge on any atom is -0.491 e. The van der Waals surface area contributed by atoms with Crippen LogP contribution in [0.1, 0.15) is 56.4 Å². The summed E-state index contributed by atoms with van der Waals surface area (Å²) in [5.41, 5.74) is 2.57. The molecule has 0 spiro atoms. The summed E-state index contributed by atoms with van der Waals surface area (Å²) in [6, 6.07) is 22.7. The molecule has 1 amide bonds. The van der Waals surface area contributed by atoms with Crippen LogP contribution in [0.15, 0.2) is 77.4 Å². The summed E-state index contributed by atoms with van der Waals surface area (Å²) in [5, 5.41) is 0. The molecule has 3 aromatic rings. The van der Waals surface area contributed by atoms with Gasteiger partial charge in [-0.3, -0.25) is 4.79 Å². The average Bonchev–Trinajstić information content (AvgIpc) is 3.29. The number of carbonyl (C=O) groups excluding carboxylic acids is 1. The molecule has 0 aliphatic rings. The van der Waals surface area contributed by atoms with Crippen molar-refractivity contribution < 1.29 is 13.9 Å². The van der Waals surface area contributed by atoms with Gasteiger partial charge in [0.1, 0.15) is 11.5 Å². The van der Waals surface area contributed by atoms with Gasteiger partial charge in [-0.05, 0) is 68.0 Å². The first-order valence-corrected chi connectivity index (χ1v) is 11.2. The summed E-state index contributed by atoms with van der Waals surface area (Å²) >= 11 is 0. The van der Waals surface area contributed by atoms with Crippen molar-refractivity contribution in [1.82, 2.24) is 4.90 Å². The van der Waals surface area contributed by atoms with Crippen LogP contribution in [-0.2, 0) is 17.8 Å². The summed E-state index contributed by atoms with van der Waals surface area (Å²) in [5.74, 6) is 2.16. The van der Waals surface area contributed by atoms with Crippen LogP contribution in [0.2, 0.25) is 0 Å². The van der Waals surface area contributed by atoms with E-state index in [1.807, 2.05) is 56.0 Å². The summed E-state index contributed by atoms with van der Waals surface area (Å²) in [6.45, 7) is 7.18. The van der Waals surface area contributed by atoms with Gasteiger partial charge < -0.3 is 14.1 Å². The molecule has 4 nitrogen and oxygen atoms in total. The normalized spacial score (nSPS) is 12.0. The number of hydrogen-bond donors (Lipinski definition) is 0. The number of furan rings is 1. The third-order valence-corrected chi connectivity index (χ3v) is 5.38. The Morgan fingerprint density at radius 2 is 1.74 bits per heavy atom. The van der Waals surface area contributed by atoms with E-state index in [4.69, 9.17) is 9.15 Å². The standard InChI is InChI=1S/C27H33NO3/c1-4-27(29)28(20-26-11-8-18-30-26)17-16-24(19-22-9-6-5-7-10-22)23-12-14-25(15-13-23)31-21(2)3/h5-15,18,21,24H,4,16-17,19-20H2,1-3H3. The largest absolute Gasteiger partial charge is 0.491 e. The number of benzene rings is 2. The summed E-state index contributed by atoms with van der Waals surface area (Å²) in [4.78, 5) is 14.5. The molecule has 0 N–H and O–H groups in total. The van der Waals surface area contributed by atoms with Gasteiger partial charge in [0.05, 0.1) is 18.9 Å². The van der Waals surface area contributed by atoms with Crippen molar-refractivity contribution in [2.24, 2.45) is 0 Å². The van der Waals surface area contributed by atoms with Gasteiger partial charge >= 0.3 is 0 Å². The number of ether oxygens (including phenoxy) is 1. The highest BCUT2D eigenvalue weighted by atomic mass is 16.5. The fourth-order valence-corrected chi connectivity index (χ4v) is 3.79. The average molecular weight is 420 g/mol. The Morgan fingerprint density at radius 3 is 2.35 bits per heavy atom. The van der Waals surface area contributed by atoms with E-state index in [9.17, 15) is 4.79 Å². The van der Waals surface area contributed by atoms with Crippen LogP contribution in [0.25, 0.3) is 0 Å². The highest BCUT2D eigenvalue weighted by Gasteiger charge is 2.18. The Hall–Kier alpha value is -3.01. The Balaban J connectivity index is 1.75. The number of carbonyl (C=O) groups is 1. The number of nitrogens with zero attached hydrogens (tertiary/aromatic N) is 1. The Morgan fingerprint density at radius 1 is 1.00 bits per heavy atom. The molecule has 0 saturated carbocycles. The molecule has 0 fully saturated rings. The summed E-state index contributed by atoms with van der Waals surface area (Å²) < 4.78 is 11.3. The van der Waals surface area contributed by atoms with E-state index in [0.29, 0.717) is 25.4 Å². The van der Waals surface area contributed by atoms with Gasteiger partial charge in [0.15, 0.2) is 0 Å². The third-order valence-electron chi connectivity index (χ3n) is 5.38. The minimum absolute atomic E-state index is 0.149. The molecule has 1 heterocycles. The zero-order valence-corrected chi connectivity index (χ0v) is 18.8. The molecule has 0 aliphatic carbocycles. The lowest BCUT2D eigenvalue weighted by Crippen LogP contribution is -2.31. The maximum Gasteiger partial charge on any atom is 0.222 e. The molecule has 2 aromatic carbocycles. The van der Waals surface area contributed by atoms with Crippen LogP contribution >= 0.6 is 0 Å². The number of rotatable bonds is 11. The lowest BCUT2D eigenvalue weighted by Gasteiger charge is -2.25. The molecule has 0 radical (unpaired) electrons. The Kier molecular flexibility index (Phi) is 8.34. The van der Waals surface area contributed by atoms with E-state index >= 15 is 0 Å². The molecule has 31 heavy (non-hydrogen) atoms. The first kappa shape index (κ1) is 22.7. The smallest absolute Gasteiger partial charge is 0.222 e. The fourth-order valence-electron chi connectivity index (χ4n) is 3.79. The lowest BCUT2D eigenvalue weighted by atomic mass is 9.89. The minimum atomic E-state index is 0.149. The van der Waals surface area contributed by atoms with Crippen LogP contribution < -0.4 is 4.74 Å². The molecule has 0 bridgehead atoms. The number of amides is 1. The molecule has 1 atom stereocenters. The van der Waals surface area contributed by atoms with Crippen LogP contribution in [-0.4, -0.2) is 23.5 Å². The third kappa shape index (κ3) is 7.02. The van der Waals surface area contributed by atoms with E-state index in [1.165, 1.54) is 11.1 Å². The summed E-state index contributed by atoms with van der Waals surface area (Å²) in [6.07, 6.45) is 4.11. The Bertz CT molecular complexity index is 901. The molecular formula is C27H33NO3. The van der Waals surface area contributed by atoms with Crippen molar-refractivity contribution in [1.29, 1.82) is 0 Å². The quantitative estimate of drug-likeness (QED) is 0.370. The van der Waals surface area contributed by atoms with Gasteiger partial charge in [-0.1, -0.05) is 49.4 Å². The summed E-state index contributed by atoms with van der Waals surface area (Å²) in [7, 11) is 0. The molecule has 0 saturated heterocycles. The molecule has 164 valence electrons. The van der Waals surface area contributed by atoms with Gasteiger partial charge in [-0.2, -0.15) is 0 Å². The zero-order chi connectivity index (χ0) is 22.1. The maximum atomic E-state index is 12.6. The SMILES string of the molecule is CCC(=O)N(CCC(Cc1ccccc1)c1ccc(OC(C)C)cc1)Cc1ccco1. The zero-order valence-electron chi connectivity index (χ0n) is 18.8. The lowest BCUT2D eigenvalue weighted by molar-refractivity contribution is -0.131. The Labute approximate surface area is 185 Å². The van der Waals surface area contributed by atoms with Crippen molar-refractivity contribution in [3.8, 4) is 5.75 Å². The van der Waals surface area contributed by atoms with Crippen LogP contribution in [0.3, 0.4) is 0 Å². The van der Waals surface area contributed by atoms with Crippen molar-refractivity contribution in [3.05, 3.63) is 89.9 Å². The van der Waals surface area contributed by atoms with E-state index < -0.39 is 0 Å².